The van der Waals surface area contributed by atoms with E-state index in [9.17, 15) is 4.39 Å². The number of aromatic nitrogens is 2. The summed E-state index contributed by atoms with van der Waals surface area (Å²) < 4.78 is 13.6. The Hall–Kier alpha value is -3.34. The highest BCUT2D eigenvalue weighted by molar-refractivity contribution is 5.95. The van der Waals surface area contributed by atoms with Crippen molar-refractivity contribution in [2.45, 2.75) is 40.5 Å². The summed E-state index contributed by atoms with van der Waals surface area (Å²) in [5.41, 5.74) is 4.87. The van der Waals surface area contributed by atoms with Gasteiger partial charge in [0.25, 0.3) is 0 Å². The average Bonchev–Trinajstić information content (AvgIpc) is 3.26. The third-order valence-corrected chi connectivity index (χ3v) is 5.17. The summed E-state index contributed by atoms with van der Waals surface area (Å²) in [6.45, 7) is 10.5. The van der Waals surface area contributed by atoms with Crippen LogP contribution < -0.4 is 10.2 Å². The Balaban J connectivity index is 0.00000141. The van der Waals surface area contributed by atoms with E-state index < -0.39 is 0 Å². The molecule has 2 aromatic heterocycles. The molecule has 5 heteroatoms. The number of aromatic amines is 1. The summed E-state index contributed by atoms with van der Waals surface area (Å²) in [6.07, 6.45) is 4.04. The number of fused-ring (bicyclic) bond motifs is 1. The number of nitrogens with zero attached hydrogens (tertiary/aromatic N) is 2. The lowest BCUT2D eigenvalue weighted by Crippen LogP contribution is -2.24. The quantitative estimate of drug-likeness (QED) is 0.299. The maximum absolute atomic E-state index is 13.6. The van der Waals surface area contributed by atoms with Crippen molar-refractivity contribution in [3.05, 3.63) is 72.7 Å². The van der Waals surface area contributed by atoms with Gasteiger partial charge in [-0.3, -0.25) is 0 Å². The van der Waals surface area contributed by atoms with E-state index in [1.165, 1.54) is 17.8 Å². The third kappa shape index (κ3) is 5.47. The lowest BCUT2D eigenvalue weighted by Gasteiger charge is -2.24. The molecule has 0 radical (unpaired) electrons. The highest BCUT2D eigenvalue weighted by Crippen LogP contribution is 2.30. The van der Waals surface area contributed by atoms with E-state index in [0.29, 0.717) is 0 Å². The molecule has 2 N–H and O–H groups in total. The molecule has 4 rings (SSSR count). The molecule has 0 bridgehead atoms. The third-order valence-electron chi connectivity index (χ3n) is 5.17. The fourth-order valence-electron chi connectivity index (χ4n) is 3.77. The highest BCUT2D eigenvalue weighted by atomic mass is 19.1. The highest BCUT2D eigenvalue weighted by Gasteiger charge is 2.10. The molecular weight excluding hydrogens is 399 g/mol. The zero-order valence-electron chi connectivity index (χ0n) is 19.5. The van der Waals surface area contributed by atoms with E-state index >= 15 is 0 Å². The second-order valence-corrected chi connectivity index (χ2v) is 7.47. The summed E-state index contributed by atoms with van der Waals surface area (Å²) in [5.74, 6) is 0.529. The molecule has 2 heterocycles. The van der Waals surface area contributed by atoms with Crippen LogP contribution in [0.2, 0.25) is 0 Å². The molecule has 0 atom stereocenters. The van der Waals surface area contributed by atoms with E-state index in [2.05, 4.69) is 58.3 Å². The SMILES string of the molecule is CC.CCCN(CCC)c1ccc(Nc2nccc3[nH]c(-c4cccc(F)c4)cc23)cc1. The zero-order chi connectivity index (χ0) is 22.9. The Morgan fingerprint density at radius 1 is 0.938 bits per heavy atom. The van der Waals surface area contributed by atoms with Gasteiger partial charge in [0.2, 0.25) is 0 Å². The number of pyridine rings is 1. The van der Waals surface area contributed by atoms with Gasteiger partial charge in [0, 0.05) is 47.3 Å². The maximum atomic E-state index is 13.6. The number of rotatable bonds is 8. The number of nitrogens with one attached hydrogen (secondary N) is 2. The van der Waals surface area contributed by atoms with Gasteiger partial charge < -0.3 is 15.2 Å². The minimum atomic E-state index is -0.247. The van der Waals surface area contributed by atoms with E-state index in [0.717, 1.165) is 59.6 Å². The van der Waals surface area contributed by atoms with Crippen molar-refractivity contribution >= 4 is 28.1 Å². The van der Waals surface area contributed by atoms with Crippen LogP contribution in [0.5, 0.6) is 0 Å². The first kappa shape index (κ1) is 23.3. The van der Waals surface area contributed by atoms with Crippen LogP contribution in [0.4, 0.5) is 21.6 Å². The van der Waals surface area contributed by atoms with Crippen LogP contribution in [0.15, 0.2) is 66.9 Å². The minimum absolute atomic E-state index is 0.247. The summed E-state index contributed by atoms with van der Waals surface area (Å²) in [7, 11) is 0. The van der Waals surface area contributed by atoms with Crippen LogP contribution in [-0.4, -0.2) is 23.1 Å². The van der Waals surface area contributed by atoms with Crippen molar-refractivity contribution in [3.63, 3.8) is 0 Å². The predicted molar refractivity (Wildman–Crippen MR) is 135 cm³/mol. The van der Waals surface area contributed by atoms with Gasteiger partial charge in [-0.2, -0.15) is 0 Å². The summed E-state index contributed by atoms with van der Waals surface area (Å²) in [6, 6.07) is 19.0. The molecule has 0 aliphatic rings. The van der Waals surface area contributed by atoms with Gasteiger partial charge in [-0.05, 0) is 61.4 Å². The van der Waals surface area contributed by atoms with Crippen LogP contribution in [-0.2, 0) is 0 Å². The van der Waals surface area contributed by atoms with Gasteiger partial charge in [-0.15, -0.1) is 0 Å². The topological polar surface area (TPSA) is 44.0 Å². The number of benzene rings is 2. The van der Waals surface area contributed by atoms with Crippen molar-refractivity contribution in [1.82, 2.24) is 9.97 Å². The first-order valence-corrected chi connectivity index (χ1v) is 11.5. The standard InChI is InChI=1S/C25H27FN4.C2H6/c1-3-14-30(15-4-2)21-10-8-20(9-11-21)28-25-22-17-24(29-23(22)12-13-27-25)18-6-5-7-19(26)16-18;1-2/h5-13,16-17,29H,3-4,14-15H2,1-2H3,(H,27,28);1-2H3. The molecule has 0 fully saturated rings. The largest absolute Gasteiger partial charge is 0.372 e. The van der Waals surface area contributed by atoms with Crippen molar-refractivity contribution < 1.29 is 4.39 Å². The molecule has 2 aromatic carbocycles. The van der Waals surface area contributed by atoms with Crippen molar-refractivity contribution in [1.29, 1.82) is 0 Å². The Morgan fingerprint density at radius 3 is 2.31 bits per heavy atom. The van der Waals surface area contributed by atoms with Crippen LogP contribution in [0.3, 0.4) is 0 Å². The molecule has 0 spiro atoms. The Morgan fingerprint density at radius 2 is 1.66 bits per heavy atom. The normalized spacial score (nSPS) is 10.5. The number of hydrogen-bond acceptors (Lipinski definition) is 3. The summed E-state index contributed by atoms with van der Waals surface area (Å²) in [4.78, 5) is 10.3. The Labute approximate surface area is 190 Å². The molecule has 0 saturated carbocycles. The minimum Gasteiger partial charge on any atom is -0.372 e. The molecule has 4 nitrogen and oxygen atoms in total. The van der Waals surface area contributed by atoms with E-state index in [-0.39, 0.29) is 5.82 Å². The molecule has 0 amide bonds. The van der Waals surface area contributed by atoms with E-state index in [4.69, 9.17) is 0 Å². The van der Waals surface area contributed by atoms with E-state index in [1.807, 2.05) is 32.0 Å². The van der Waals surface area contributed by atoms with Gasteiger partial charge in [0.05, 0.1) is 5.52 Å². The smallest absolute Gasteiger partial charge is 0.139 e. The molecule has 0 unspecified atom stereocenters. The molecule has 0 aliphatic heterocycles. The van der Waals surface area contributed by atoms with Gasteiger partial charge in [0.15, 0.2) is 0 Å². The second-order valence-electron chi connectivity index (χ2n) is 7.47. The van der Waals surface area contributed by atoms with Crippen molar-refractivity contribution in [2.24, 2.45) is 0 Å². The zero-order valence-corrected chi connectivity index (χ0v) is 19.5. The Kier molecular flexibility index (Phi) is 8.26. The molecular formula is C27H33FN4. The number of halogens is 1. The molecule has 4 aromatic rings. The number of anilines is 3. The fourth-order valence-corrected chi connectivity index (χ4v) is 3.77. The molecule has 0 saturated heterocycles. The van der Waals surface area contributed by atoms with Crippen LogP contribution in [0.1, 0.15) is 40.5 Å². The monoisotopic (exact) mass is 432 g/mol. The number of H-pyrrole nitrogens is 1. The Bertz CT molecular complexity index is 1110. The number of hydrogen-bond donors (Lipinski definition) is 2. The first-order chi connectivity index (χ1) is 15.7. The predicted octanol–water partition coefficient (Wildman–Crippen LogP) is 7.77. The molecule has 0 aliphatic carbocycles. The van der Waals surface area contributed by atoms with Gasteiger partial charge in [-0.1, -0.05) is 39.8 Å². The maximum Gasteiger partial charge on any atom is 0.139 e. The van der Waals surface area contributed by atoms with Gasteiger partial charge >= 0.3 is 0 Å². The van der Waals surface area contributed by atoms with Gasteiger partial charge in [-0.25, -0.2) is 9.37 Å². The van der Waals surface area contributed by atoms with E-state index in [1.54, 1.807) is 12.3 Å². The van der Waals surface area contributed by atoms with Crippen LogP contribution in [0, 0.1) is 5.82 Å². The first-order valence-electron chi connectivity index (χ1n) is 11.5. The fraction of sp³-hybridized carbons (Fsp3) is 0.296. The summed E-state index contributed by atoms with van der Waals surface area (Å²) >= 11 is 0. The lowest BCUT2D eigenvalue weighted by atomic mass is 10.1. The molecule has 32 heavy (non-hydrogen) atoms. The lowest BCUT2D eigenvalue weighted by molar-refractivity contribution is 0.628. The molecule has 168 valence electrons. The van der Waals surface area contributed by atoms with Crippen LogP contribution >= 0.6 is 0 Å². The van der Waals surface area contributed by atoms with Gasteiger partial charge in [0.1, 0.15) is 11.6 Å². The summed E-state index contributed by atoms with van der Waals surface area (Å²) in [5, 5.41) is 4.40. The van der Waals surface area contributed by atoms with Crippen molar-refractivity contribution in [2.75, 3.05) is 23.3 Å². The second kappa shape index (κ2) is 11.3. The average molecular weight is 433 g/mol. The van der Waals surface area contributed by atoms with Crippen molar-refractivity contribution in [3.8, 4) is 11.3 Å². The van der Waals surface area contributed by atoms with Crippen LogP contribution in [0.25, 0.3) is 22.2 Å².